The molecule has 13 heavy (non-hydrogen) atoms. The molecule has 1 aromatic carbocycles. The third-order valence-electron chi connectivity index (χ3n) is 1.57. The SMILES string of the molecule is CCC(=N)Nc1ccc(Br)cc1F. The van der Waals surface area contributed by atoms with E-state index in [2.05, 4.69) is 21.2 Å². The summed E-state index contributed by atoms with van der Waals surface area (Å²) in [5.41, 5.74) is 0.343. The molecule has 0 aliphatic rings. The zero-order chi connectivity index (χ0) is 9.84. The molecule has 0 saturated heterocycles. The van der Waals surface area contributed by atoms with Crippen molar-refractivity contribution in [3.05, 3.63) is 28.5 Å². The van der Waals surface area contributed by atoms with Gasteiger partial charge in [-0.05, 0) is 18.2 Å². The van der Waals surface area contributed by atoms with Crippen LogP contribution >= 0.6 is 15.9 Å². The third kappa shape index (κ3) is 2.81. The summed E-state index contributed by atoms with van der Waals surface area (Å²) in [5.74, 6) is -0.0474. The average Bonchev–Trinajstić information content (AvgIpc) is 2.09. The van der Waals surface area contributed by atoms with Crippen molar-refractivity contribution in [3.8, 4) is 0 Å². The Morgan fingerprint density at radius 3 is 2.85 bits per heavy atom. The van der Waals surface area contributed by atoms with Crippen LogP contribution in [0.4, 0.5) is 10.1 Å². The van der Waals surface area contributed by atoms with Crippen LogP contribution in [0.1, 0.15) is 13.3 Å². The van der Waals surface area contributed by atoms with Crippen molar-refractivity contribution in [1.29, 1.82) is 5.41 Å². The number of anilines is 1. The van der Waals surface area contributed by atoms with E-state index in [1.54, 1.807) is 12.1 Å². The fourth-order valence-corrected chi connectivity index (χ4v) is 1.17. The van der Waals surface area contributed by atoms with Crippen LogP contribution in [0.15, 0.2) is 22.7 Å². The van der Waals surface area contributed by atoms with Crippen LogP contribution in [-0.4, -0.2) is 5.84 Å². The molecule has 0 radical (unpaired) electrons. The standard InChI is InChI=1S/C9H10BrFN2/c1-2-9(12)13-8-4-3-6(10)5-7(8)11/h3-5H,2H2,1H3,(H2,12,13). The molecular weight excluding hydrogens is 235 g/mol. The highest BCUT2D eigenvalue weighted by molar-refractivity contribution is 9.10. The Balaban J connectivity index is 2.83. The number of amidine groups is 1. The van der Waals surface area contributed by atoms with Crippen LogP contribution in [0.3, 0.4) is 0 Å². The number of hydrogen-bond donors (Lipinski definition) is 2. The lowest BCUT2D eigenvalue weighted by molar-refractivity contribution is 0.631. The van der Waals surface area contributed by atoms with Gasteiger partial charge in [-0.25, -0.2) is 4.39 Å². The van der Waals surface area contributed by atoms with E-state index in [9.17, 15) is 4.39 Å². The first-order valence-electron chi connectivity index (χ1n) is 3.93. The summed E-state index contributed by atoms with van der Waals surface area (Å²) in [5, 5.41) is 10.0. The van der Waals surface area contributed by atoms with Gasteiger partial charge in [0.25, 0.3) is 0 Å². The van der Waals surface area contributed by atoms with E-state index in [-0.39, 0.29) is 5.82 Å². The van der Waals surface area contributed by atoms with Crippen LogP contribution in [-0.2, 0) is 0 Å². The van der Waals surface area contributed by atoms with Crippen molar-refractivity contribution in [1.82, 2.24) is 0 Å². The third-order valence-corrected chi connectivity index (χ3v) is 2.06. The highest BCUT2D eigenvalue weighted by atomic mass is 79.9. The molecule has 0 atom stereocenters. The van der Waals surface area contributed by atoms with Gasteiger partial charge in [-0.15, -0.1) is 0 Å². The van der Waals surface area contributed by atoms with Gasteiger partial charge in [0, 0.05) is 10.9 Å². The summed E-state index contributed by atoms with van der Waals surface area (Å²) >= 11 is 3.16. The molecule has 70 valence electrons. The molecule has 0 unspecified atom stereocenters. The van der Waals surface area contributed by atoms with Crippen LogP contribution < -0.4 is 5.32 Å². The molecule has 0 aromatic heterocycles. The predicted molar refractivity (Wildman–Crippen MR) is 55.7 cm³/mol. The van der Waals surface area contributed by atoms with Crippen LogP contribution in [0.25, 0.3) is 0 Å². The molecular formula is C9H10BrFN2. The minimum absolute atomic E-state index is 0.307. The maximum Gasteiger partial charge on any atom is 0.147 e. The second kappa shape index (κ2) is 4.37. The van der Waals surface area contributed by atoms with Crippen LogP contribution in [0.5, 0.6) is 0 Å². The summed E-state index contributed by atoms with van der Waals surface area (Å²) < 4.78 is 13.9. The van der Waals surface area contributed by atoms with Gasteiger partial charge >= 0.3 is 0 Å². The lowest BCUT2D eigenvalue weighted by Gasteiger charge is -2.06. The Bertz CT molecular complexity index is 325. The lowest BCUT2D eigenvalue weighted by atomic mass is 10.3. The zero-order valence-corrected chi connectivity index (χ0v) is 8.78. The van der Waals surface area contributed by atoms with E-state index in [1.807, 2.05) is 6.92 Å². The number of rotatable bonds is 2. The molecule has 2 N–H and O–H groups in total. The smallest absolute Gasteiger partial charge is 0.147 e. The molecule has 0 spiro atoms. The Morgan fingerprint density at radius 2 is 2.31 bits per heavy atom. The lowest BCUT2D eigenvalue weighted by Crippen LogP contribution is -2.09. The van der Waals surface area contributed by atoms with Gasteiger partial charge in [-0.2, -0.15) is 0 Å². The Hall–Kier alpha value is -0.900. The van der Waals surface area contributed by atoms with E-state index < -0.39 is 0 Å². The molecule has 0 fully saturated rings. The summed E-state index contributed by atoms with van der Waals surface area (Å²) in [4.78, 5) is 0. The summed E-state index contributed by atoms with van der Waals surface area (Å²) in [6.07, 6.45) is 0.565. The molecule has 4 heteroatoms. The number of nitrogens with one attached hydrogen (secondary N) is 2. The normalized spacial score (nSPS) is 9.77. The predicted octanol–water partition coefficient (Wildman–Crippen LogP) is 3.39. The summed E-state index contributed by atoms with van der Waals surface area (Å²) in [6.45, 7) is 1.84. The molecule has 1 aromatic rings. The van der Waals surface area contributed by atoms with E-state index in [0.29, 0.717) is 22.4 Å². The molecule has 0 amide bonds. The molecule has 0 heterocycles. The minimum Gasteiger partial charge on any atom is -0.342 e. The average molecular weight is 245 g/mol. The van der Waals surface area contributed by atoms with Gasteiger partial charge in [-0.3, -0.25) is 5.41 Å². The molecule has 0 aliphatic carbocycles. The second-order valence-electron chi connectivity index (χ2n) is 2.58. The highest BCUT2D eigenvalue weighted by Crippen LogP contribution is 2.19. The molecule has 2 nitrogen and oxygen atoms in total. The Labute approximate surface area is 84.8 Å². The maximum atomic E-state index is 13.2. The van der Waals surface area contributed by atoms with Gasteiger partial charge in [0.2, 0.25) is 0 Å². The largest absolute Gasteiger partial charge is 0.342 e. The molecule has 0 aliphatic heterocycles. The van der Waals surface area contributed by atoms with Gasteiger partial charge in [0.05, 0.1) is 11.5 Å². The highest BCUT2D eigenvalue weighted by Gasteiger charge is 2.02. The number of hydrogen-bond acceptors (Lipinski definition) is 1. The van der Waals surface area contributed by atoms with E-state index in [4.69, 9.17) is 5.41 Å². The fraction of sp³-hybridized carbons (Fsp3) is 0.222. The number of halogens is 2. The van der Waals surface area contributed by atoms with E-state index >= 15 is 0 Å². The fourth-order valence-electron chi connectivity index (χ4n) is 0.842. The summed E-state index contributed by atoms with van der Waals surface area (Å²) in [7, 11) is 0. The quantitative estimate of drug-likeness (QED) is 0.608. The van der Waals surface area contributed by atoms with Gasteiger partial charge in [0.15, 0.2) is 0 Å². The first-order valence-corrected chi connectivity index (χ1v) is 4.72. The summed E-state index contributed by atoms with van der Waals surface area (Å²) in [6, 6.07) is 4.70. The Kier molecular flexibility index (Phi) is 3.42. The van der Waals surface area contributed by atoms with Gasteiger partial charge in [0.1, 0.15) is 5.82 Å². The van der Waals surface area contributed by atoms with Crippen molar-refractivity contribution < 1.29 is 4.39 Å². The van der Waals surface area contributed by atoms with Gasteiger partial charge in [-0.1, -0.05) is 22.9 Å². The Morgan fingerprint density at radius 1 is 1.62 bits per heavy atom. The number of benzene rings is 1. The molecule has 0 bridgehead atoms. The van der Waals surface area contributed by atoms with Crippen molar-refractivity contribution in [2.24, 2.45) is 0 Å². The molecule has 0 saturated carbocycles. The topological polar surface area (TPSA) is 35.9 Å². The van der Waals surface area contributed by atoms with Crippen molar-refractivity contribution in [3.63, 3.8) is 0 Å². The minimum atomic E-state index is -0.354. The zero-order valence-electron chi connectivity index (χ0n) is 7.20. The maximum absolute atomic E-state index is 13.2. The van der Waals surface area contributed by atoms with Crippen molar-refractivity contribution >= 4 is 27.5 Å². The van der Waals surface area contributed by atoms with Gasteiger partial charge < -0.3 is 5.32 Å². The van der Waals surface area contributed by atoms with E-state index in [1.165, 1.54) is 6.07 Å². The second-order valence-corrected chi connectivity index (χ2v) is 3.50. The van der Waals surface area contributed by atoms with Crippen molar-refractivity contribution in [2.75, 3.05) is 5.32 Å². The molecule has 1 rings (SSSR count). The first-order chi connectivity index (χ1) is 6.13. The first kappa shape index (κ1) is 10.2. The van der Waals surface area contributed by atoms with Crippen molar-refractivity contribution in [2.45, 2.75) is 13.3 Å². The van der Waals surface area contributed by atoms with Crippen LogP contribution in [0, 0.1) is 11.2 Å². The van der Waals surface area contributed by atoms with Crippen LogP contribution in [0.2, 0.25) is 0 Å². The van der Waals surface area contributed by atoms with E-state index in [0.717, 1.165) is 0 Å². The monoisotopic (exact) mass is 244 g/mol.